The van der Waals surface area contributed by atoms with Crippen molar-refractivity contribution in [1.29, 1.82) is 0 Å². The summed E-state index contributed by atoms with van der Waals surface area (Å²) in [5, 5.41) is 13.3. The molecule has 0 fully saturated rings. The second-order valence-corrected chi connectivity index (χ2v) is 5.79. The SMILES string of the molecule is Cc1cc(C)c(-c2noc(C(C)(C)F)c2C(=O)O)c(C)c1. The van der Waals surface area contributed by atoms with Gasteiger partial charge in [-0.25, -0.2) is 9.18 Å². The number of carbonyl (C=O) groups is 1. The van der Waals surface area contributed by atoms with Crippen molar-refractivity contribution in [2.75, 3.05) is 0 Å². The fourth-order valence-corrected chi connectivity index (χ4v) is 2.62. The van der Waals surface area contributed by atoms with E-state index >= 15 is 0 Å². The van der Waals surface area contributed by atoms with E-state index in [2.05, 4.69) is 5.16 Å². The van der Waals surface area contributed by atoms with Crippen LogP contribution < -0.4 is 0 Å². The number of rotatable bonds is 3. The number of hydrogen-bond donors (Lipinski definition) is 1. The van der Waals surface area contributed by atoms with Gasteiger partial charge in [-0.3, -0.25) is 0 Å². The molecule has 0 spiro atoms. The predicted octanol–water partition coefficient (Wildman–Crippen LogP) is 4.17. The van der Waals surface area contributed by atoms with Gasteiger partial charge in [0.25, 0.3) is 0 Å². The van der Waals surface area contributed by atoms with E-state index in [1.54, 1.807) is 0 Å². The number of alkyl halides is 1. The Morgan fingerprint density at radius 1 is 1.24 bits per heavy atom. The van der Waals surface area contributed by atoms with Gasteiger partial charge in [-0.1, -0.05) is 22.9 Å². The minimum atomic E-state index is -1.91. The van der Waals surface area contributed by atoms with Gasteiger partial charge in [-0.15, -0.1) is 0 Å². The lowest BCUT2D eigenvalue weighted by atomic mass is 9.93. The zero-order valence-corrected chi connectivity index (χ0v) is 12.7. The fraction of sp³-hybridized carbons (Fsp3) is 0.375. The summed E-state index contributed by atoms with van der Waals surface area (Å²) in [5.41, 5.74) is 1.57. The monoisotopic (exact) mass is 291 g/mol. The number of halogens is 1. The average molecular weight is 291 g/mol. The molecular formula is C16H18FNO3. The van der Waals surface area contributed by atoms with Crippen LogP contribution >= 0.6 is 0 Å². The van der Waals surface area contributed by atoms with E-state index in [0.29, 0.717) is 5.56 Å². The van der Waals surface area contributed by atoms with Gasteiger partial charge in [0.2, 0.25) is 0 Å². The van der Waals surface area contributed by atoms with Crippen LogP contribution in [-0.2, 0) is 5.67 Å². The Morgan fingerprint density at radius 2 is 1.76 bits per heavy atom. The number of benzene rings is 1. The molecule has 0 saturated carbocycles. The van der Waals surface area contributed by atoms with Crippen LogP contribution in [-0.4, -0.2) is 16.2 Å². The third-order valence-corrected chi connectivity index (χ3v) is 3.36. The topological polar surface area (TPSA) is 63.3 Å². The van der Waals surface area contributed by atoms with E-state index in [1.807, 2.05) is 32.9 Å². The molecule has 0 aliphatic carbocycles. The Hall–Kier alpha value is -2.17. The van der Waals surface area contributed by atoms with E-state index in [9.17, 15) is 14.3 Å². The first-order valence-corrected chi connectivity index (χ1v) is 6.63. The Kier molecular flexibility index (Phi) is 3.61. The third kappa shape index (κ3) is 2.68. The molecule has 0 aliphatic heterocycles. The lowest BCUT2D eigenvalue weighted by molar-refractivity contribution is 0.0683. The normalized spacial score (nSPS) is 11.7. The summed E-state index contributed by atoms with van der Waals surface area (Å²) in [7, 11) is 0. The minimum absolute atomic E-state index is 0.179. The van der Waals surface area contributed by atoms with E-state index in [1.165, 1.54) is 13.8 Å². The molecule has 0 aliphatic rings. The van der Waals surface area contributed by atoms with Crippen LogP contribution in [0.2, 0.25) is 0 Å². The number of aromatic nitrogens is 1. The molecule has 2 rings (SSSR count). The standard InChI is InChI=1S/C16H18FNO3/c1-8-6-9(2)11(10(3)7-8)13-12(15(19)20)14(21-18-13)16(4,5)17/h6-7H,1-5H3,(H,19,20). The van der Waals surface area contributed by atoms with Crippen molar-refractivity contribution < 1.29 is 18.8 Å². The van der Waals surface area contributed by atoms with Crippen LogP contribution in [0.15, 0.2) is 16.7 Å². The molecule has 1 aromatic heterocycles. The van der Waals surface area contributed by atoms with Crippen LogP contribution in [0.25, 0.3) is 11.3 Å². The minimum Gasteiger partial charge on any atom is -0.477 e. The Labute approximate surface area is 122 Å². The van der Waals surface area contributed by atoms with E-state index in [4.69, 9.17) is 4.52 Å². The molecule has 1 heterocycles. The van der Waals surface area contributed by atoms with Crippen molar-refractivity contribution in [2.24, 2.45) is 0 Å². The lowest BCUT2D eigenvalue weighted by Gasteiger charge is -2.12. The summed E-state index contributed by atoms with van der Waals surface area (Å²) in [6.07, 6.45) is 0. The second-order valence-electron chi connectivity index (χ2n) is 5.79. The molecule has 0 saturated heterocycles. The predicted molar refractivity (Wildman–Crippen MR) is 77.2 cm³/mol. The molecule has 0 radical (unpaired) electrons. The third-order valence-electron chi connectivity index (χ3n) is 3.36. The summed E-state index contributed by atoms with van der Waals surface area (Å²) in [6, 6.07) is 3.87. The zero-order chi connectivity index (χ0) is 15.9. The molecule has 112 valence electrons. The number of aromatic carboxylic acids is 1. The molecule has 4 nitrogen and oxygen atoms in total. The van der Waals surface area contributed by atoms with Gasteiger partial charge < -0.3 is 9.63 Å². The maximum absolute atomic E-state index is 14.1. The molecular weight excluding hydrogens is 273 g/mol. The van der Waals surface area contributed by atoms with Gasteiger partial charge in [-0.05, 0) is 45.7 Å². The van der Waals surface area contributed by atoms with Gasteiger partial charge >= 0.3 is 5.97 Å². The van der Waals surface area contributed by atoms with Gasteiger partial charge in [0.1, 0.15) is 11.3 Å². The van der Waals surface area contributed by atoms with Crippen LogP contribution in [0.3, 0.4) is 0 Å². The van der Waals surface area contributed by atoms with Crippen molar-refractivity contribution in [1.82, 2.24) is 5.16 Å². The van der Waals surface area contributed by atoms with Crippen molar-refractivity contribution >= 4 is 5.97 Å². The van der Waals surface area contributed by atoms with E-state index in [-0.39, 0.29) is 17.0 Å². The van der Waals surface area contributed by atoms with Crippen LogP contribution in [0.4, 0.5) is 4.39 Å². The van der Waals surface area contributed by atoms with E-state index < -0.39 is 11.6 Å². The Morgan fingerprint density at radius 3 is 2.19 bits per heavy atom. The number of hydrogen-bond acceptors (Lipinski definition) is 3. The van der Waals surface area contributed by atoms with Crippen molar-refractivity contribution in [3.8, 4) is 11.3 Å². The highest BCUT2D eigenvalue weighted by Gasteiger charge is 2.35. The summed E-state index contributed by atoms with van der Waals surface area (Å²) in [5.74, 6) is -1.50. The van der Waals surface area contributed by atoms with Gasteiger partial charge in [0, 0.05) is 5.56 Å². The van der Waals surface area contributed by atoms with Crippen LogP contribution in [0, 0.1) is 20.8 Å². The van der Waals surface area contributed by atoms with Crippen molar-refractivity contribution in [3.05, 3.63) is 40.1 Å². The summed E-state index contributed by atoms with van der Waals surface area (Å²) >= 11 is 0. The smallest absolute Gasteiger partial charge is 0.341 e. The molecule has 1 N–H and O–H groups in total. The van der Waals surface area contributed by atoms with Crippen molar-refractivity contribution in [2.45, 2.75) is 40.3 Å². The molecule has 21 heavy (non-hydrogen) atoms. The Bertz CT molecular complexity index is 688. The highest BCUT2D eigenvalue weighted by Crippen LogP contribution is 2.36. The fourth-order valence-electron chi connectivity index (χ4n) is 2.62. The maximum Gasteiger partial charge on any atom is 0.341 e. The summed E-state index contributed by atoms with van der Waals surface area (Å²) in [4.78, 5) is 11.5. The first-order chi connectivity index (χ1) is 9.62. The van der Waals surface area contributed by atoms with E-state index in [0.717, 1.165) is 16.7 Å². The first kappa shape index (κ1) is 15.2. The highest BCUT2D eigenvalue weighted by atomic mass is 19.1. The molecule has 1 aromatic carbocycles. The number of carboxylic acid groups (broad SMARTS) is 1. The first-order valence-electron chi connectivity index (χ1n) is 6.63. The van der Waals surface area contributed by atoms with Gasteiger partial charge in [0.05, 0.1) is 0 Å². The lowest BCUT2D eigenvalue weighted by Crippen LogP contribution is -2.14. The summed E-state index contributed by atoms with van der Waals surface area (Å²) in [6.45, 7) is 8.20. The molecule has 2 aromatic rings. The van der Waals surface area contributed by atoms with Crippen LogP contribution in [0.5, 0.6) is 0 Å². The molecule has 0 bridgehead atoms. The zero-order valence-electron chi connectivity index (χ0n) is 12.7. The Balaban J connectivity index is 2.78. The molecule has 0 amide bonds. The van der Waals surface area contributed by atoms with Gasteiger partial charge in [-0.2, -0.15) is 0 Å². The molecule has 5 heteroatoms. The highest BCUT2D eigenvalue weighted by molar-refractivity contribution is 5.97. The summed E-state index contributed by atoms with van der Waals surface area (Å²) < 4.78 is 19.1. The molecule has 0 atom stereocenters. The van der Waals surface area contributed by atoms with Crippen LogP contribution in [0.1, 0.15) is 46.7 Å². The largest absolute Gasteiger partial charge is 0.477 e. The number of carboxylic acids is 1. The number of aryl methyl sites for hydroxylation is 3. The average Bonchev–Trinajstić information content (AvgIpc) is 2.71. The maximum atomic E-state index is 14.1. The quantitative estimate of drug-likeness (QED) is 0.921. The number of nitrogens with zero attached hydrogens (tertiary/aromatic N) is 1. The second kappa shape index (κ2) is 4.98. The van der Waals surface area contributed by atoms with Crippen molar-refractivity contribution in [3.63, 3.8) is 0 Å². The molecule has 0 unspecified atom stereocenters. The van der Waals surface area contributed by atoms with Gasteiger partial charge in [0.15, 0.2) is 11.4 Å².